The van der Waals surface area contributed by atoms with E-state index < -0.39 is 0 Å². The minimum Gasteiger partial charge on any atom is -0.290 e. The summed E-state index contributed by atoms with van der Waals surface area (Å²) in [6.45, 7) is 2.10. The van der Waals surface area contributed by atoms with E-state index in [0.29, 0.717) is 0 Å². The van der Waals surface area contributed by atoms with Gasteiger partial charge in [-0.05, 0) is 25.1 Å². The van der Waals surface area contributed by atoms with E-state index in [9.17, 15) is 0 Å². The van der Waals surface area contributed by atoms with Gasteiger partial charge in [0.05, 0.1) is 11.0 Å². The lowest BCUT2D eigenvalue weighted by atomic mass is 10.2. The maximum absolute atomic E-state index is 4.36. The van der Waals surface area contributed by atoms with Crippen molar-refractivity contribution in [2.75, 3.05) is 0 Å². The van der Waals surface area contributed by atoms with E-state index in [4.69, 9.17) is 0 Å². The van der Waals surface area contributed by atoms with Crippen LogP contribution < -0.4 is 0 Å². The van der Waals surface area contributed by atoms with Gasteiger partial charge in [-0.2, -0.15) is 0 Å². The summed E-state index contributed by atoms with van der Waals surface area (Å²) in [5, 5.41) is 9.89. The van der Waals surface area contributed by atoms with Crippen LogP contribution in [0.2, 0.25) is 0 Å². The first-order valence-electron chi connectivity index (χ1n) is 5.97. The highest BCUT2D eigenvalue weighted by Crippen LogP contribution is 2.27. The molecule has 0 unspecified atom stereocenters. The van der Waals surface area contributed by atoms with Crippen molar-refractivity contribution in [3.8, 4) is 0 Å². The molecule has 0 saturated heterocycles. The minimum atomic E-state index is 0.922. The number of fused-ring (bicyclic) bond motifs is 5. The molecule has 4 aromatic rings. The quantitative estimate of drug-likeness (QED) is 0.466. The number of hydrogen-bond donors (Lipinski definition) is 0. The fraction of sp³-hybridized carbons (Fsp3) is 0.0667. The summed E-state index contributed by atoms with van der Waals surface area (Å²) in [5.74, 6) is 0. The van der Waals surface area contributed by atoms with Gasteiger partial charge in [-0.25, -0.2) is 0 Å². The molecule has 0 bridgehead atoms. The van der Waals surface area contributed by atoms with Gasteiger partial charge in [0.25, 0.3) is 0 Å². The van der Waals surface area contributed by atoms with Crippen LogP contribution in [0.5, 0.6) is 0 Å². The molecular formula is C15H11N3. The summed E-state index contributed by atoms with van der Waals surface area (Å²) in [5.41, 5.74) is 5.34. The fourth-order valence-electron chi connectivity index (χ4n) is 2.59. The average molecular weight is 233 g/mol. The predicted octanol–water partition coefficient (Wildman–Crippen LogP) is 3.34. The van der Waals surface area contributed by atoms with E-state index >= 15 is 0 Å². The molecule has 0 atom stereocenters. The smallest absolute Gasteiger partial charge is 0.163 e. The third kappa shape index (κ3) is 1.08. The van der Waals surface area contributed by atoms with Gasteiger partial charge in [0.15, 0.2) is 5.65 Å². The Morgan fingerprint density at radius 3 is 2.44 bits per heavy atom. The molecule has 18 heavy (non-hydrogen) atoms. The van der Waals surface area contributed by atoms with Crippen LogP contribution in [0, 0.1) is 6.92 Å². The molecule has 2 aromatic carbocycles. The normalized spacial score (nSPS) is 11.6. The number of nitrogens with zero attached hydrogens (tertiary/aromatic N) is 3. The zero-order chi connectivity index (χ0) is 12.1. The number of rotatable bonds is 0. The van der Waals surface area contributed by atoms with Crippen molar-refractivity contribution in [1.82, 2.24) is 14.6 Å². The molecule has 2 heterocycles. The van der Waals surface area contributed by atoms with E-state index in [1.54, 1.807) is 0 Å². The highest BCUT2D eigenvalue weighted by atomic mass is 15.2. The third-order valence-corrected chi connectivity index (χ3v) is 3.47. The van der Waals surface area contributed by atoms with Gasteiger partial charge in [-0.1, -0.05) is 30.3 Å². The standard InChI is InChI=1S/C15H11N3/c1-10-11-6-2-4-8-13(11)18-14-9-5-3-7-12(14)16-17-15(10)18/h2-9H,1H3. The third-order valence-electron chi connectivity index (χ3n) is 3.47. The van der Waals surface area contributed by atoms with E-state index in [1.165, 1.54) is 16.5 Å². The zero-order valence-electron chi connectivity index (χ0n) is 9.96. The molecule has 3 heteroatoms. The van der Waals surface area contributed by atoms with Crippen LogP contribution >= 0.6 is 0 Å². The number of para-hydroxylation sites is 2. The molecule has 2 aromatic heterocycles. The predicted molar refractivity (Wildman–Crippen MR) is 72.7 cm³/mol. The molecular weight excluding hydrogens is 222 g/mol. The van der Waals surface area contributed by atoms with Gasteiger partial charge < -0.3 is 0 Å². The molecule has 0 fully saturated rings. The zero-order valence-corrected chi connectivity index (χ0v) is 9.96. The molecule has 0 saturated carbocycles. The van der Waals surface area contributed by atoms with Gasteiger partial charge in [-0.15, -0.1) is 10.2 Å². The van der Waals surface area contributed by atoms with Crippen LogP contribution in [0.3, 0.4) is 0 Å². The lowest BCUT2D eigenvalue weighted by molar-refractivity contribution is 1.05. The topological polar surface area (TPSA) is 30.2 Å². The largest absolute Gasteiger partial charge is 0.290 e. The molecule has 0 aliphatic carbocycles. The van der Waals surface area contributed by atoms with Crippen molar-refractivity contribution >= 4 is 27.6 Å². The highest BCUT2D eigenvalue weighted by Gasteiger charge is 2.11. The van der Waals surface area contributed by atoms with Crippen LogP contribution in [-0.4, -0.2) is 14.6 Å². The maximum atomic E-state index is 4.36. The summed E-state index contributed by atoms with van der Waals surface area (Å²) >= 11 is 0. The monoisotopic (exact) mass is 233 g/mol. The van der Waals surface area contributed by atoms with E-state index in [1.807, 2.05) is 18.2 Å². The number of aryl methyl sites for hydroxylation is 1. The Hall–Kier alpha value is -2.42. The first-order chi connectivity index (χ1) is 8.86. The summed E-state index contributed by atoms with van der Waals surface area (Å²) in [4.78, 5) is 0. The Morgan fingerprint density at radius 1 is 0.833 bits per heavy atom. The molecule has 0 aliphatic heterocycles. The number of hydrogen-bond acceptors (Lipinski definition) is 2. The summed E-state index contributed by atoms with van der Waals surface area (Å²) in [6.07, 6.45) is 0. The van der Waals surface area contributed by atoms with E-state index in [0.717, 1.165) is 16.7 Å². The van der Waals surface area contributed by atoms with E-state index in [-0.39, 0.29) is 0 Å². The Bertz CT molecular complexity index is 890. The van der Waals surface area contributed by atoms with Crippen LogP contribution in [0.1, 0.15) is 5.56 Å². The SMILES string of the molecule is Cc1c2ccccc2n2c1nnc1ccccc12. The van der Waals surface area contributed by atoms with Crippen molar-refractivity contribution in [3.63, 3.8) is 0 Å². The van der Waals surface area contributed by atoms with Crippen LogP contribution in [0.4, 0.5) is 0 Å². The lowest BCUT2D eigenvalue weighted by Gasteiger charge is -2.01. The van der Waals surface area contributed by atoms with Gasteiger partial charge >= 0.3 is 0 Å². The van der Waals surface area contributed by atoms with Crippen molar-refractivity contribution in [2.24, 2.45) is 0 Å². The van der Waals surface area contributed by atoms with Gasteiger partial charge in [-0.3, -0.25) is 4.40 Å². The lowest BCUT2D eigenvalue weighted by Crippen LogP contribution is -1.94. The molecule has 0 amide bonds. The Kier molecular flexibility index (Phi) is 1.75. The molecule has 0 spiro atoms. The first-order valence-corrected chi connectivity index (χ1v) is 5.97. The Labute approximate surface area is 104 Å². The van der Waals surface area contributed by atoms with Crippen molar-refractivity contribution < 1.29 is 0 Å². The van der Waals surface area contributed by atoms with Crippen molar-refractivity contribution in [1.29, 1.82) is 0 Å². The summed E-state index contributed by atoms with van der Waals surface area (Å²) in [6, 6.07) is 16.5. The Balaban J connectivity index is 2.41. The highest BCUT2D eigenvalue weighted by molar-refractivity contribution is 5.94. The first kappa shape index (κ1) is 9.59. The van der Waals surface area contributed by atoms with Crippen molar-refractivity contribution in [3.05, 3.63) is 54.1 Å². The molecule has 86 valence electrons. The summed E-state index contributed by atoms with van der Waals surface area (Å²) < 4.78 is 2.19. The van der Waals surface area contributed by atoms with Crippen LogP contribution in [0.15, 0.2) is 48.5 Å². The van der Waals surface area contributed by atoms with Gasteiger partial charge in [0.2, 0.25) is 0 Å². The van der Waals surface area contributed by atoms with Crippen LogP contribution in [-0.2, 0) is 0 Å². The Morgan fingerprint density at radius 2 is 1.56 bits per heavy atom. The van der Waals surface area contributed by atoms with Gasteiger partial charge in [0, 0.05) is 10.9 Å². The average Bonchev–Trinajstić information content (AvgIpc) is 2.73. The maximum Gasteiger partial charge on any atom is 0.163 e. The molecule has 0 aliphatic rings. The number of aromatic nitrogens is 3. The van der Waals surface area contributed by atoms with Gasteiger partial charge in [0.1, 0.15) is 5.52 Å². The number of benzene rings is 2. The molecule has 0 radical (unpaired) electrons. The second kappa shape index (κ2) is 3.29. The van der Waals surface area contributed by atoms with Crippen LogP contribution in [0.25, 0.3) is 27.6 Å². The summed E-state index contributed by atoms with van der Waals surface area (Å²) in [7, 11) is 0. The molecule has 4 rings (SSSR count). The fourth-order valence-corrected chi connectivity index (χ4v) is 2.59. The second-order valence-electron chi connectivity index (χ2n) is 4.49. The molecule has 3 nitrogen and oxygen atoms in total. The second-order valence-corrected chi connectivity index (χ2v) is 4.49. The van der Waals surface area contributed by atoms with E-state index in [2.05, 4.69) is 51.9 Å². The molecule has 0 N–H and O–H groups in total. The van der Waals surface area contributed by atoms with Crippen molar-refractivity contribution in [2.45, 2.75) is 6.92 Å². The minimum absolute atomic E-state index is 0.922.